The largest absolute Gasteiger partial charge is 0.394 e. The van der Waals surface area contributed by atoms with Crippen molar-refractivity contribution >= 4 is 0 Å². The van der Waals surface area contributed by atoms with Crippen molar-refractivity contribution in [1.82, 2.24) is 0 Å². The molecule has 0 aromatic carbocycles. The third kappa shape index (κ3) is 6.69. The Kier molecular flexibility index (Phi) is 11.7. The zero-order valence-electron chi connectivity index (χ0n) is 25.4. The minimum atomic E-state index is -1.39. The number of aliphatic hydroxyl groups excluding tert-OH is 7. The van der Waals surface area contributed by atoms with Crippen LogP contribution in [0.1, 0.15) is 60.8 Å². The number of hydrogen-bond acceptors (Lipinski definition) is 13. The van der Waals surface area contributed by atoms with E-state index < -0.39 is 111 Å². The van der Waals surface area contributed by atoms with E-state index in [1.54, 1.807) is 13.8 Å². The van der Waals surface area contributed by atoms with E-state index in [0.29, 0.717) is 19.3 Å². The van der Waals surface area contributed by atoms with Crippen molar-refractivity contribution in [3.63, 3.8) is 0 Å². The summed E-state index contributed by atoms with van der Waals surface area (Å²) in [7, 11) is 0. The van der Waals surface area contributed by atoms with Crippen molar-refractivity contribution in [3.8, 4) is 0 Å². The van der Waals surface area contributed by atoms with Gasteiger partial charge in [0.25, 0.3) is 0 Å². The van der Waals surface area contributed by atoms with Crippen LogP contribution >= 0.6 is 0 Å². The van der Waals surface area contributed by atoms with Crippen LogP contribution in [-0.2, 0) is 28.4 Å². The lowest BCUT2D eigenvalue weighted by Crippen LogP contribution is -2.59. The SMILES string of the molecule is CC[C@@H]1O[C@H](O[C@@H]2C(CO)OC(O[C@@H]3C(O)[C@H](C)C[C@H](C)C3OC3O[C@H](CC)C(O)[C@H](O)C3C)[C@@H]2O)[C@H](C)C(O)[C@@H]1O. The van der Waals surface area contributed by atoms with Gasteiger partial charge in [-0.15, -0.1) is 0 Å². The summed E-state index contributed by atoms with van der Waals surface area (Å²) in [5, 5.41) is 74.4. The minimum absolute atomic E-state index is 0.108. The summed E-state index contributed by atoms with van der Waals surface area (Å²) < 4.78 is 36.4. The Hall–Kier alpha value is -0.520. The van der Waals surface area contributed by atoms with E-state index in [9.17, 15) is 35.7 Å². The standard InChI is InChI=1S/C29H52O13/c1-7-15-21(34)19(32)13(5)27(37-15)40-24-12(4)9-11(3)18(31)26(24)42-29-23(36)25(17(10-30)39-29)41-28-14(6)20(33)22(35)16(8-2)38-28/h11-36H,7-10H2,1-6H3/t11-,12+,13?,14-,15-,16+,17?,18?,19-,20?,21?,22-,23-,24?,25-,26-,27?,28-,29?/m1/s1. The molecule has 8 unspecified atom stereocenters. The summed E-state index contributed by atoms with van der Waals surface area (Å²) in [4.78, 5) is 0. The van der Waals surface area contributed by atoms with Crippen LogP contribution in [0, 0.1) is 23.7 Å². The lowest BCUT2D eigenvalue weighted by molar-refractivity contribution is -0.325. The fourth-order valence-electron chi connectivity index (χ4n) is 6.79. The number of hydrogen-bond donors (Lipinski definition) is 7. The average molecular weight is 609 g/mol. The molecule has 4 rings (SSSR count). The number of ether oxygens (including phenoxy) is 6. The normalized spacial score (nSPS) is 53.8. The van der Waals surface area contributed by atoms with Gasteiger partial charge in [-0.05, 0) is 31.1 Å². The highest BCUT2D eigenvalue weighted by Gasteiger charge is 2.53. The molecule has 19 atom stereocenters. The number of aliphatic hydroxyl groups is 7. The van der Waals surface area contributed by atoms with Gasteiger partial charge in [0, 0.05) is 11.8 Å². The predicted molar refractivity (Wildman–Crippen MR) is 146 cm³/mol. The van der Waals surface area contributed by atoms with Crippen molar-refractivity contribution in [2.75, 3.05) is 6.61 Å². The van der Waals surface area contributed by atoms with Gasteiger partial charge >= 0.3 is 0 Å². The third-order valence-corrected chi connectivity index (χ3v) is 9.71. The first kappa shape index (κ1) is 34.4. The molecule has 4 aliphatic rings. The fourth-order valence-corrected chi connectivity index (χ4v) is 6.79. The van der Waals surface area contributed by atoms with E-state index in [-0.39, 0.29) is 11.8 Å². The molecule has 3 aliphatic heterocycles. The Morgan fingerprint density at radius 2 is 0.976 bits per heavy atom. The molecule has 3 heterocycles. The van der Waals surface area contributed by atoms with E-state index in [2.05, 4.69) is 0 Å². The van der Waals surface area contributed by atoms with Crippen LogP contribution in [0.25, 0.3) is 0 Å². The predicted octanol–water partition coefficient (Wildman–Crippen LogP) is -0.757. The van der Waals surface area contributed by atoms with Crippen molar-refractivity contribution in [3.05, 3.63) is 0 Å². The Labute approximate surface area is 247 Å². The molecule has 1 aliphatic carbocycles. The topological polar surface area (TPSA) is 197 Å². The molecule has 0 amide bonds. The van der Waals surface area contributed by atoms with E-state index in [1.807, 2.05) is 27.7 Å². The zero-order valence-corrected chi connectivity index (χ0v) is 25.4. The highest BCUT2D eigenvalue weighted by Crippen LogP contribution is 2.40. The van der Waals surface area contributed by atoms with Gasteiger partial charge < -0.3 is 64.2 Å². The molecular formula is C29H52O13. The Bertz CT molecular complexity index is 846. The summed E-state index contributed by atoms with van der Waals surface area (Å²) in [6.07, 6.45) is -13.4. The maximum atomic E-state index is 11.3. The zero-order chi connectivity index (χ0) is 31.0. The van der Waals surface area contributed by atoms with E-state index in [4.69, 9.17) is 28.4 Å². The Morgan fingerprint density at radius 3 is 1.45 bits per heavy atom. The molecule has 42 heavy (non-hydrogen) atoms. The maximum Gasteiger partial charge on any atom is 0.187 e. The number of rotatable bonds is 9. The van der Waals surface area contributed by atoms with Crippen molar-refractivity contribution in [2.24, 2.45) is 23.7 Å². The molecule has 4 fully saturated rings. The van der Waals surface area contributed by atoms with Gasteiger partial charge in [-0.3, -0.25) is 0 Å². The van der Waals surface area contributed by atoms with Crippen molar-refractivity contribution < 1.29 is 64.2 Å². The van der Waals surface area contributed by atoms with Gasteiger partial charge in [0.2, 0.25) is 0 Å². The highest BCUT2D eigenvalue weighted by atomic mass is 16.8. The molecule has 7 N–H and O–H groups in total. The maximum absolute atomic E-state index is 11.3. The van der Waals surface area contributed by atoms with Gasteiger partial charge in [-0.2, -0.15) is 0 Å². The lowest BCUT2D eigenvalue weighted by Gasteiger charge is -2.47. The average Bonchev–Trinajstić information content (AvgIpc) is 3.27. The molecule has 13 heteroatoms. The summed E-state index contributed by atoms with van der Waals surface area (Å²) >= 11 is 0. The van der Waals surface area contributed by atoms with Gasteiger partial charge in [0.15, 0.2) is 18.9 Å². The second-order valence-corrected chi connectivity index (χ2v) is 12.8. The van der Waals surface area contributed by atoms with E-state index in [1.165, 1.54) is 0 Å². The third-order valence-electron chi connectivity index (χ3n) is 9.71. The molecular weight excluding hydrogens is 556 g/mol. The molecule has 0 bridgehead atoms. The Morgan fingerprint density at radius 1 is 0.524 bits per heavy atom. The molecule has 3 saturated heterocycles. The summed E-state index contributed by atoms with van der Waals surface area (Å²) in [6.45, 7) is 10.4. The lowest BCUT2D eigenvalue weighted by atomic mass is 9.77. The second kappa shape index (κ2) is 14.3. The van der Waals surface area contributed by atoms with Gasteiger partial charge in [-0.1, -0.05) is 41.5 Å². The van der Waals surface area contributed by atoms with Crippen LogP contribution in [0.15, 0.2) is 0 Å². The monoisotopic (exact) mass is 608 g/mol. The van der Waals surface area contributed by atoms with Crippen molar-refractivity contribution in [1.29, 1.82) is 0 Å². The smallest absolute Gasteiger partial charge is 0.187 e. The van der Waals surface area contributed by atoms with Gasteiger partial charge in [0.1, 0.15) is 36.6 Å². The summed E-state index contributed by atoms with van der Waals surface area (Å²) in [5.41, 5.74) is 0. The fraction of sp³-hybridized carbons (Fsp3) is 1.00. The summed E-state index contributed by atoms with van der Waals surface area (Å²) in [5.74, 6) is -1.47. The van der Waals surface area contributed by atoms with Crippen LogP contribution in [0.4, 0.5) is 0 Å². The van der Waals surface area contributed by atoms with Crippen LogP contribution in [0.3, 0.4) is 0 Å². The van der Waals surface area contributed by atoms with Gasteiger partial charge in [0.05, 0.1) is 43.2 Å². The van der Waals surface area contributed by atoms with Gasteiger partial charge in [-0.25, -0.2) is 0 Å². The Balaban J connectivity index is 1.50. The van der Waals surface area contributed by atoms with Crippen molar-refractivity contribution in [2.45, 2.75) is 153 Å². The molecule has 0 radical (unpaired) electrons. The van der Waals surface area contributed by atoms with Crippen LogP contribution in [-0.4, -0.2) is 134 Å². The minimum Gasteiger partial charge on any atom is -0.394 e. The molecule has 13 nitrogen and oxygen atoms in total. The summed E-state index contributed by atoms with van der Waals surface area (Å²) in [6, 6.07) is 0. The van der Waals surface area contributed by atoms with Crippen LogP contribution < -0.4 is 0 Å². The van der Waals surface area contributed by atoms with Crippen LogP contribution in [0.2, 0.25) is 0 Å². The van der Waals surface area contributed by atoms with Crippen LogP contribution in [0.5, 0.6) is 0 Å². The first-order valence-electron chi connectivity index (χ1n) is 15.5. The van der Waals surface area contributed by atoms with E-state index in [0.717, 1.165) is 0 Å². The first-order chi connectivity index (χ1) is 19.8. The van der Waals surface area contributed by atoms with E-state index >= 15 is 0 Å². The quantitative estimate of drug-likeness (QED) is 0.173. The molecule has 0 aromatic heterocycles. The first-order valence-corrected chi connectivity index (χ1v) is 15.5. The molecule has 246 valence electrons. The molecule has 0 aromatic rings. The second-order valence-electron chi connectivity index (χ2n) is 12.8. The highest BCUT2D eigenvalue weighted by molar-refractivity contribution is 4.97. The molecule has 0 spiro atoms. The molecule has 1 saturated carbocycles.